The van der Waals surface area contributed by atoms with Gasteiger partial charge in [-0.25, -0.2) is 4.79 Å². The Bertz CT molecular complexity index is 444. The molecule has 1 atom stereocenters. The first-order valence-electron chi connectivity index (χ1n) is 5.33. The van der Waals surface area contributed by atoms with Gasteiger partial charge in [0.25, 0.3) is 0 Å². The van der Waals surface area contributed by atoms with E-state index in [9.17, 15) is 9.90 Å². The molecular formula is C12H16ClNO3. The number of aromatic hydroxyl groups is 1. The van der Waals surface area contributed by atoms with Gasteiger partial charge in [-0.3, -0.25) is 0 Å². The Labute approximate surface area is 106 Å². The maximum atomic E-state index is 11.1. The number of benzene rings is 1. The van der Waals surface area contributed by atoms with Crippen LogP contribution in [0.15, 0.2) is 12.1 Å². The molecule has 5 heteroatoms. The molecule has 2 rings (SSSR count). The molecule has 1 saturated carbocycles. The number of aromatic carboxylic acids is 1. The lowest BCUT2D eigenvalue weighted by molar-refractivity contribution is 0.0694. The van der Waals surface area contributed by atoms with Gasteiger partial charge >= 0.3 is 5.97 Å². The highest BCUT2D eigenvalue weighted by molar-refractivity contribution is 5.90. The fraction of sp³-hybridized carbons (Fsp3) is 0.417. The lowest BCUT2D eigenvalue weighted by Gasteiger charge is -2.17. The fourth-order valence-corrected chi connectivity index (χ4v) is 1.93. The van der Waals surface area contributed by atoms with Crippen LogP contribution in [0.1, 0.15) is 40.4 Å². The van der Waals surface area contributed by atoms with E-state index in [1.165, 1.54) is 6.07 Å². The normalized spacial score (nSPS) is 16.1. The van der Waals surface area contributed by atoms with Gasteiger partial charge < -0.3 is 15.9 Å². The summed E-state index contributed by atoms with van der Waals surface area (Å²) in [6.45, 7) is 1.74. The molecular weight excluding hydrogens is 242 g/mol. The highest BCUT2D eigenvalue weighted by Crippen LogP contribution is 2.43. The third-order valence-electron chi connectivity index (χ3n) is 3.11. The number of carbonyl (C=O) groups is 1. The number of phenolic OH excluding ortho intramolecular Hbond substituents is 1. The van der Waals surface area contributed by atoms with E-state index in [2.05, 4.69) is 0 Å². The summed E-state index contributed by atoms with van der Waals surface area (Å²) in [5, 5.41) is 19.0. The van der Waals surface area contributed by atoms with Crippen molar-refractivity contribution in [2.24, 2.45) is 11.7 Å². The van der Waals surface area contributed by atoms with Crippen LogP contribution < -0.4 is 5.73 Å². The zero-order valence-corrected chi connectivity index (χ0v) is 10.3. The van der Waals surface area contributed by atoms with Gasteiger partial charge in [-0.2, -0.15) is 0 Å². The topological polar surface area (TPSA) is 83.5 Å². The first kappa shape index (κ1) is 13.8. The van der Waals surface area contributed by atoms with Crippen molar-refractivity contribution in [2.45, 2.75) is 25.8 Å². The second-order valence-corrected chi connectivity index (χ2v) is 4.36. The van der Waals surface area contributed by atoms with E-state index in [-0.39, 0.29) is 29.8 Å². The quantitative estimate of drug-likeness (QED) is 0.775. The van der Waals surface area contributed by atoms with Crippen LogP contribution in [0.4, 0.5) is 0 Å². The average Bonchev–Trinajstić information content (AvgIpc) is 3.04. The molecule has 0 heterocycles. The number of carboxylic acids is 1. The van der Waals surface area contributed by atoms with Crippen LogP contribution in [-0.4, -0.2) is 16.2 Å². The van der Waals surface area contributed by atoms with Gasteiger partial charge in [0.15, 0.2) is 0 Å². The first-order chi connectivity index (χ1) is 7.52. The number of hydrogen-bond donors (Lipinski definition) is 3. The summed E-state index contributed by atoms with van der Waals surface area (Å²) in [7, 11) is 0. The average molecular weight is 258 g/mol. The maximum absolute atomic E-state index is 11.1. The monoisotopic (exact) mass is 257 g/mol. The number of aryl methyl sites for hydroxylation is 1. The van der Waals surface area contributed by atoms with Crippen LogP contribution >= 0.6 is 12.4 Å². The van der Waals surface area contributed by atoms with E-state index in [4.69, 9.17) is 10.8 Å². The molecule has 1 aliphatic rings. The molecule has 0 bridgehead atoms. The molecule has 4 nitrogen and oxygen atoms in total. The number of rotatable bonds is 3. The summed E-state index contributed by atoms with van der Waals surface area (Å²) in [5.41, 5.74) is 7.15. The predicted molar refractivity (Wildman–Crippen MR) is 66.7 cm³/mol. The summed E-state index contributed by atoms with van der Waals surface area (Å²) >= 11 is 0. The molecule has 0 radical (unpaired) electrons. The Hall–Kier alpha value is -1.26. The third kappa shape index (κ3) is 2.53. The highest BCUT2D eigenvalue weighted by Gasteiger charge is 2.33. The van der Waals surface area contributed by atoms with Crippen LogP contribution in [-0.2, 0) is 0 Å². The van der Waals surface area contributed by atoms with Crippen LogP contribution in [0.5, 0.6) is 5.75 Å². The number of nitrogens with two attached hydrogens (primary N) is 1. The Morgan fingerprint density at radius 3 is 2.53 bits per heavy atom. The molecule has 0 saturated heterocycles. The van der Waals surface area contributed by atoms with Gasteiger partial charge in [0.1, 0.15) is 5.75 Å². The number of phenols is 1. The van der Waals surface area contributed by atoms with Crippen molar-refractivity contribution in [3.05, 3.63) is 28.8 Å². The summed E-state index contributed by atoms with van der Waals surface area (Å²) in [5.74, 6) is -0.702. The zero-order valence-electron chi connectivity index (χ0n) is 9.51. The lowest BCUT2D eigenvalue weighted by atomic mass is 9.94. The number of halogens is 1. The molecule has 0 aromatic heterocycles. The number of carboxylic acid groups (broad SMARTS) is 1. The molecule has 0 unspecified atom stereocenters. The van der Waals surface area contributed by atoms with Gasteiger partial charge in [-0.05, 0) is 37.3 Å². The van der Waals surface area contributed by atoms with E-state index in [1.54, 1.807) is 13.0 Å². The van der Waals surface area contributed by atoms with Crippen molar-refractivity contribution in [3.8, 4) is 5.75 Å². The molecule has 17 heavy (non-hydrogen) atoms. The molecule has 0 spiro atoms. The third-order valence-corrected chi connectivity index (χ3v) is 3.11. The second-order valence-electron chi connectivity index (χ2n) is 4.36. The molecule has 94 valence electrons. The zero-order chi connectivity index (χ0) is 11.9. The minimum absolute atomic E-state index is 0. The summed E-state index contributed by atoms with van der Waals surface area (Å²) in [4.78, 5) is 11.1. The van der Waals surface area contributed by atoms with Crippen LogP contribution in [0.3, 0.4) is 0 Å². The van der Waals surface area contributed by atoms with Crippen molar-refractivity contribution < 1.29 is 15.0 Å². The molecule has 1 fully saturated rings. The van der Waals surface area contributed by atoms with Gasteiger partial charge in [-0.15, -0.1) is 12.4 Å². The van der Waals surface area contributed by atoms with Crippen LogP contribution in [0.25, 0.3) is 0 Å². The first-order valence-corrected chi connectivity index (χ1v) is 5.33. The van der Waals surface area contributed by atoms with E-state index in [0.717, 1.165) is 12.8 Å². The lowest BCUT2D eigenvalue weighted by Crippen LogP contribution is -2.17. The minimum atomic E-state index is -1.04. The van der Waals surface area contributed by atoms with Gasteiger partial charge in [0.2, 0.25) is 0 Å². The fourth-order valence-electron chi connectivity index (χ4n) is 1.93. The Morgan fingerprint density at radius 2 is 2.06 bits per heavy atom. The smallest absolute Gasteiger partial charge is 0.336 e. The van der Waals surface area contributed by atoms with Crippen molar-refractivity contribution >= 4 is 18.4 Å². The van der Waals surface area contributed by atoms with Crippen molar-refractivity contribution in [2.75, 3.05) is 0 Å². The van der Waals surface area contributed by atoms with Crippen molar-refractivity contribution in [3.63, 3.8) is 0 Å². The largest absolute Gasteiger partial charge is 0.507 e. The molecule has 1 aromatic rings. The summed E-state index contributed by atoms with van der Waals surface area (Å²) < 4.78 is 0. The van der Waals surface area contributed by atoms with E-state index in [0.29, 0.717) is 17.0 Å². The summed E-state index contributed by atoms with van der Waals surface area (Å²) in [6, 6.07) is 2.74. The highest BCUT2D eigenvalue weighted by atomic mass is 35.5. The standard InChI is InChI=1S/C12H15NO3.ClH/c1-6-2-5-8(12(15)16)9(11(6)14)10(13)7-3-4-7;/h2,5,7,10,14H,3-4,13H2,1H3,(H,15,16);1H/t10-;/m1./s1. The SMILES string of the molecule is Cc1ccc(C(=O)O)c([C@H](N)C2CC2)c1O.Cl. The van der Waals surface area contributed by atoms with Gasteiger partial charge in [-0.1, -0.05) is 6.07 Å². The minimum Gasteiger partial charge on any atom is -0.507 e. The van der Waals surface area contributed by atoms with Gasteiger partial charge in [0.05, 0.1) is 5.56 Å². The van der Waals surface area contributed by atoms with E-state index >= 15 is 0 Å². The Kier molecular flexibility index (Phi) is 4.01. The maximum Gasteiger partial charge on any atom is 0.336 e. The van der Waals surface area contributed by atoms with Crippen molar-refractivity contribution in [1.29, 1.82) is 0 Å². The Balaban J connectivity index is 0.00000144. The van der Waals surface area contributed by atoms with E-state index in [1.807, 2.05) is 0 Å². The molecule has 1 aromatic carbocycles. The van der Waals surface area contributed by atoms with Crippen molar-refractivity contribution in [1.82, 2.24) is 0 Å². The van der Waals surface area contributed by atoms with Crippen LogP contribution in [0, 0.1) is 12.8 Å². The number of hydrogen-bond acceptors (Lipinski definition) is 3. The molecule has 0 amide bonds. The summed E-state index contributed by atoms with van der Waals surface area (Å²) in [6.07, 6.45) is 2.02. The molecule has 0 aliphatic heterocycles. The van der Waals surface area contributed by atoms with E-state index < -0.39 is 5.97 Å². The van der Waals surface area contributed by atoms with Gasteiger partial charge in [0, 0.05) is 11.6 Å². The predicted octanol–water partition coefficient (Wildman–Crippen LogP) is 2.23. The van der Waals surface area contributed by atoms with Crippen LogP contribution in [0.2, 0.25) is 0 Å². The molecule has 1 aliphatic carbocycles. The second kappa shape index (κ2) is 4.94. The molecule has 4 N–H and O–H groups in total. The Morgan fingerprint density at radius 1 is 1.47 bits per heavy atom.